The van der Waals surface area contributed by atoms with Gasteiger partial charge in [-0.3, -0.25) is 14.9 Å². The van der Waals surface area contributed by atoms with Crippen molar-refractivity contribution in [3.8, 4) is 0 Å². The molecule has 0 saturated heterocycles. The summed E-state index contributed by atoms with van der Waals surface area (Å²) in [6.45, 7) is -0.358. The zero-order valence-corrected chi connectivity index (χ0v) is 14.9. The molecule has 26 heavy (non-hydrogen) atoms. The highest BCUT2D eigenvalue weighted by atomic mass is 35.5. The van der Waals surface area contributed by atoms with Crippen molar-refractivity contribution >= 4 is 33.3 Å². The first kappa shape index (κ1) is 19.8. The lowest BCUT2D eigenvalue weighted by Gasteiger charge is -2.14. The molecule has 0 aromatic heterocycles. The van der Waals surface area contributed by atoms with Gasteiger partial charge in [0.25, 0.3) is 5.69 Å². The minimum absolute atomic E-state index is 0.101. The molecule has 1 unspecified atom stereocenters. The Bertz CT molecular complexity index is 915. The maximum atomic E-state index is 12.3. The van der Waals surface area contributed by atoms with E-state index in [-0.39, 0.29) is 23.5 Å². The number of nitro benzene ring substituents is 1. The summed E-state index contributed by atoms with van der Waals surface area (Å²) >= 11 is 5.78. The molecule has 0 fully saturated rings. The highest BCUT2D eigenvalue weighted by Crippen LogP contribution is 2.18. The molecule has 0 bridgehead atoms. The summed E-state index contributed by atoms with van der Waals surface area (Å²) in [7, 11) is -4.08. The number of nitro groups is 1. The number of carboxylic acid groups (broad SMARTS) is 1. The molecule has 2 aromatic carbocycles. The predicted molar refractivity (Wildman–Crippen MR) is 94.6 cm³/mol. The number of nitrogens with one attached hydrogen (secondary N) is 1. The zero-order valence-electron chi connectivity index (χ0n) is 13.3. The third-order valence-corrected chi connectivity index (χ3v) is 5.28. The van der Waals surface area contributed by atoms with E-state index < -0.39 is 26.8 Å². The minimum Gasteiger partial charge on any atom is -0.481 e. The Morgan fingerprint density at radius 2 is 1.88 bits per heavy atom. The number of aliphatic carboxylic acids is 1. The molecule has 0 aliphatic rings. The molecule has 1 atom stereocenters. The number of carboxylic acids is 1. The fourth-order valence-electron chi connectivity index (χ4n) is 2.21. The highest BCUT2D eigenvalue weighted by molar-refractivity contribution is 7.89. The Hall–Kier alpha value is -2.49. The largest absolute Gasteiger partial charge is 0.481 e. The van der Waals surface area contributed by atoms with Gasteiger partial charge in [-0.05, 0) is 30.2 Å². The minimum atomic E-state index is -4.08. The molecular formula is C16H15ClN2O6S. The molecule has 0 saturated carbocycles. The Balaban J connectivity index is 2.12. The van der Waals surface area contributed by atoms with Crippen LogP contribution < -0.4 is 4.72 Å². The van der Waals surface area contributed by atoms with E-state index in [4.69, 9.17) is 11.6 Å². The topological polar surface area (TPSA) is 127 Å². The van der Waals surface area contributed by atoms with Gasteiger partial charge in [0.2, 0.25) is 10.0 Å². The van der Waals surface area contributed by atoms with Crippen molar-refractivity contribution in [2.24, 2.45) is 5.92 Å². The molecular weight excluding hydrogens is 384 g/mol. The number of hydrogen-bond acceptors (Lipinski definition) is 5. The monoisotopic (exact) mass is 398 g/mol. The Labute approximate surface area is 154 Å². The first-order valence-electron chi connectivity index (χ1n) is 7.40. The lowest BCUT2D eigenvalue weighted by atomic mass is 10.00. The lowest BCUT2D eigenvalue weighted by molar-refractivity contribution is -0.385. The predicted octanol–water partition coefficient (Wildman–Crippen LogP) is 2.47. The molecule has 2 N–H and O–H groups in total. The second kappa shape index (κ2) is 8.26. The van der Waals surface area contributed by atoms with Crippen LogP contribution in [0.2, 0.25) is 5.02 Å². The average Bonchev–Trinajstić information content (AvgIpc) is 2.60. The van der Waals surface area contributed by atoms with Gasteiger partial charge in [-0.25, -0.2) is 13.1 Å². The fourth-order valence-corrected chi connectivity index (χ4v) is 3.46. The van der Waals surface area contributed by atoms with Crippen LogP contribution >= 0.6 is 11.6 Å². The number of halogens is 1. The van der Waals surface area contributed by atoms with E-state index >= 15 is 0 Å². The van der Waals surface area contributed by atoms with E-state index in [9.17, 15) is 28.4 Å². The number of non-ortho nitro benzene ring substituents is 1. The van der Waals surface area contributed by atoms with Crippen molar-refractivity contribution in [2.45, 2.75) is 11.3 Å². The van der Waals surface area contributed by atoms with Gasteiger partial charge in [0.05, 0.1) is 15.7 Å². The number of hydrogen-bond donors (Lipinski definition) is 2. The summed E-state index contributed by atoms with van der Waals surface area (Å²) in [5, 5.41) is 20.6. The SMILES string of the molecule is O=C(O)C(CNS(=O)(=O)c1cccc([N+](=O)[O-])c1)Cc1ccc(Cl)cc1. The van der Waals surface area contributed by atoms with Gasteiger partial charge in [0, 0.05) is 23.7 Å². The van der Waals surface area contributed by atoms with E-state index in [0.29, 0.717) is 10.6 Å². The van der Waals surface area contributed by atoms with Crippen LogP contribution in [-0.4, -0.2) is 31.0 Å². The summed E-state index contributed by atoms with van der Waals surface area (Å²) < 4.78 is 26.8. The number of carbonyl (C=O) groups is 1. The Morgan fingerprint density at radius 3 is 2.46 bits per heavy atom. The van der Waals surface area contributed by atoms with Crippen molar-refractivity contribution in [2.75, 3.05) is 6.54 Å². The van der Waals surface area contributed by atoms with Gasteiger partial charge in [0.1, 0.15) is 0 Å². The van der Waals surface area contributed by atoms with Crippen molar-refractivity contribution in [3.05, 3.63) is 69.2 Å². The smallest absolute Gasteiger partial charge is 0.308 e. The van der Waals surface area contributed by atoms with E-state index in [2.05, 4.69) is 4.72 Å². The quantitative estimate of drug-likeness (QED) is 0.519. The van der Waals surface area contributed by atoms with Crippen LogP contribution in [0.5, 0.6) is 0 Å². The average molecular weight is 399 g/mol. The zero-order chi connectivity index (χ0) is 19.3. The van der Waals surface area contributed by atoms with Gasteiger partial charge < -0.3 is 5.11 Å². The molecule has 138 valence electrons. The van der Waals surface area contributed by atoms with Crippen LogP contribution in [0.4, 0.5) is 5.69 Å². The summed E-state index contributed by atoms with van der Waals surface area (Å²) in [6.07, 6.45) is 0.101. The van der Waals surface area contributed by atoms with Gasteiger partial charge in [-0.2, -0.15) is 0 Å². The van der Waals surface area contributed by atoms with Crippen LogP contribution in [0.3, 0.4) is 0 Å². The summed E-state index contributed by atoms with van der Waals surface area (Å²) in [6, 6.07) is 11.1. The third-order valence-electron chi connectivity index (χ3n) is 3.60. The molecule has 0 aliphatic heterocycles. The summed E-state index contributed by atoms with van der Waals surface area (Å²) in [5.41, 5.74) is 0.320. The first-order chi connectivity index (χ1) is 12.2. The van der Waals surface area contributed by atoms with Gasteiger partial charge in [0.15, 0.2) is 0 Å². The second-order valence-electron chi connectivity index (χ2n) is 5.47. The molecule has 0 heterocycles. The molecule has 2 aromatic rings. The van der Waals surface area contributed by atoms with Gasteiger partial charge >= 0.3 is 5.97 Å². The Kier molecular flexibility index (Phi) is 6.30. The Morgan fingerprint density at radius 1 is 1.23 bits per heavy atom. The standard InChI is InChI=1S/C16H15ClN2O6S/c17-13-6-4-11(5-7-13)8-12(16(20)21)10-18-26(24,25)15-3-1-2-14(9-15)19(22)23/h1-7,9,12,18H,8,10H2,(H,20,21). The van der Waals surface area contributed by atoms with E-state index in [1.807, 2.05) is 0 Å². The van der Waals surface area contributed by atoms with Crippen LogP contribution in [-0.2, 0) is 21.2 Å². The van der Waals surface area contributed by atoms with Gasteiger partial charge in [-0.15, -0.1) is 0 Å². The van der Waals surface area contributed by atoms with Crippen LogP contribution in [0.25, 0.3) is 0 Å². The fraction of sp³-hybridized carbons (Fsp3) is 0.188. The maximum Gasteiger partial charge on any atom is 0.308 e. The van der Waals surface area contributed by atoms with Gasteiger partial charge in [-0.1, -0.05) is 29.8 Å². The number of nitrogens with zero attached hydrogens (tertiary/aromatic N) is 1. The summed E-state index contributed by atoms with van der Waals surface area (Å²) in [5.74, 6) is -2.17. The molecule has 0 spiro atoms. The maximum absolute atomic E-state index is 12.3. The highest BCUT2D eigenvalue weighted by Gasteiger charge is 2.23. The third kappa shape index (κ3) is 5.25. The van der Waals surface area contributed by atoms with E-state index in [1.165, 1.54) is 18.2 Å². The molecule has 0 aliphatic carbocycles. The molecule has 0 amide bonds. The molecule has 10 heteroatoms. The number of sulfonamides is 1. The van der Waals surface area contributed by atoms with E-state index in [1.54, 1.807) is 24.3 Å². The van der Waals surface area contributed by atoms with Crippen LogP contribution in [0, 0.1) is 16.0 Å². The molecule has 2 rings (SSSR count). The normalized spacial score (nSPS) is 12.5. The lowest BCUT2D eigenvalue weighted by Crippen LogP contribution is -2.34. The molecule has 8 nitrogen and oxygen atoms in total. The van der Waals surface area contributed by atoms with Crippen LogP contribution in [0.1, 0.15) is 5.56 Å². The molecule has 0 radical (unpaired) electrons. The van der Waals surface area contributed by atoms with Crippen molar-refractivity contribution < 1.29 is 23.2 Å². The van der Waals surface area contributed by atoms with Crippen molar-refractivity contribution in [3.63, 3.8) is 0 Å². The van der Waals surface area contributed by atoms with E-state index in [0.717, 1.165) is 6.07 Å². The number of benzene rings is 2. The summed E-state index contributed by atoms with van der Waals surface area (Å²) in [4.78, 5) is 21.2. The van der Waals surface area contributed by atoms with Crippen LogP contribution in [0.15, 0.2) is 53.4 Å². The van der Waals surface area contributed by atoms with Crippen molar-refractivity contribution in [1.82, 2.24) is 4.72 Å². The number of rotatable bonds is 8. The van der Waals surface area contributed by atoms with Crippen molar-refractivity contribution in [1.29, 1.82) is 0 Å². The second-order valence-corrected chi connectivity index (χ2v) is 7.68. The first-order valence-corrected chi connectivity index (χ1v) is 9.26.